The average molecular weight is 460 g/mol. The van der Waals surface area contributed by atoms with Gasteiger partial charge in [-0.05, 0) is 49.5 Å². The molecule has 0 saturated heterocycles. The van der Waals surface area contributed by atoms with Crippen LogP contribution in [0.15, 0.2) is 47.4 Å². The van der Waals surface area contributed by atoms with Crippen molar-refractivity contribution < 1.29 is 45.4 Å². The summed E-state index contributed by atoms with van der Waals surface area (Å²) in [4.78, 5) is 35.4. The number of nitrogens with one attached hydrogen (secondary N) is 2. The SMILES string of the molecule is CNS(=O)(=O)c1ccc(F)c(C(=O)OCC(=O)NC(=O)c2ccc(OC(F)F)cc2)c1. The summed E-state index contributed by atoms with van der Waals surface area (Å²) in [6.45, 7) is -4.01. The van der Waals surface area contributed by atoms with Gasteiger partial charge in [0, 0.05) is 5.56 Å². The average Bonchev–Trinajstić information content (AvgIpc) is 2.72. The highest BCUT2D eigenvalue weighted by Gasteiger charge is 2.20. The van der Waals surface area contributed by atoms with Gasteiger partial charge >= 0.3 is 12.6 Å². The molecule has 31 heavy (non-hydrogen) atoms. The Morgan fingerprint density at radius 2 is 1.71 bits per heavy atom. The lowest BCUT2D eigenvalue weighted by Crippen LogP contribution is -2.34. The lowest BCUT2D eigenvalue weighted by molar-refractivity contribution is -0.123. The van der Waals surface area contributed by atoms with Crippen LogP contribution in [0.3, 0.4) is 0 Å². The number of esters is 1. The molecule has 0 heterocycles. The first-order valence-corrected chi connectivity index (χ1v) is 9.81. The van der Waals surface area contributed by atoms with Crippen LogP contribution in [0.5, 0.6) is 5.75 Å². The summed E-state index contributed by atoms with van der Waals surface area (Å²) in [5.74, 6) is -4.59. The topological polar surface area (TPSA) is 128 Å². The molecular formula is C18H15F3N2O7S. The molecule has 2 aromatic carbocycles. The van der Waals surface area contributed by atoms with Crippen molar-refractivity contribution in [2.45, 2.75) is 11.5 Å². The predicted molar refractivity (Wildman–Crippen MR) is 98.5 cm³/mol. The number of sulfonamides is 1. The Morgan fingerprint density at radius 3 is 2.29 bits per heavy atom. The predicted octanol–water partition coefficient (Wildman–Crippen LogP) is 1.45. The van der Waals surface area contributed by atoms with Crippen LogP contribution in [0, 0.1) is 5.82 Å². The van der Waals surface area contributed by atoms with Gasteiger partial charge in [0.2, 0.25) is 10.0 Å². The van der Waals surface area contributed by atoms with Gasteiger partial charge in [-0.25, -0.2) is 22.3 Å². The molecule has 9 nitrogen and oxygen atoms in total. The van der Waals surface area contributed by atoms with E-state index < -0.39 is 57.3 Å². The number of halogens is 3. The molecule has 13 heteroatoms. The lowest BCUT2D eigenvalue weighted by Gasteiger charge is -2.09. The summed E-state index contributed by atoms with van der Waals surface area (Å²) in [7, 11) is -2.84. The lowest BCUT2D eigenvalue weighted by atomic mass is 10.2. The van der Waals surface area contributed by atoms with E-state index in [0.29, 0.717) is 0 Å². The molecule has 0 atom stereocenters. The molecule has 2 N–H and O–H groups in total. The van der Waals surface area contributed by atoms with E-state index in [0.717, 1.165) is 49.5 Å². The minimum atomic E-state index is -3.96. The number of rotatable bonds is 8. The fourth-order valence-corrected chi connectivity index (χ4v) is 2.93. The molecule has 0 aliphatic heterocycles. The van der Waals surface area contributed by atoms with E-state index in [1.807, 2.05) is 10.0 Å². The number of imide groups is 1. The van der Waals surface area contributed by atoms with Crippen molar-refractivity contribution in [2.24, 2.45) is 0 Å². The maximum absolute atomic E-state index is 13.9. The van der Waals surface area contributed by atoms with Gasteiger partial charge in [-0.2, -0.15) is 8.78 Å². The number of amides is 2. The van der Waals surface area contributed by atoms with Gasteiger partial charge in [-0.3, -0.25) is 14.9 Å². The van der Waals surface area contributed by atoms with Gasteiger partial charge < -0.3 is 9.47 Å². The van der Waals surface area contributed by atoms with Crippen molar-refractivity contribution >= 4 is 27.8 Å². The zero-order valence-electron chi connectivity index (χ0n) is 15.7. The molecule has 2 rings (SSSR count). The molecule has 0 aliphatic rings. The van der Waals surface area contributed by atoms with Crippen LogP contribution in [0.25, 0.3) is 0 Å². The second-order valence-corrected chi connectivity index (χ2v) is 7.59. The Kier molecular flexibility index (Phi) is 7.72. The number of alkyl halides is 2. The molecule has 0 aromatic heterocycles. The molecule has 0 spiro atoms. The van der Waals surface area contributed by atoms with Crippen molar-refractivity contribution in [1.82, 2.24) is 10.0 Å². The third-order valence-electron chi connectivity index (χ3n) is 3.67. The number of carbonyl (C=O) groups excluding carboxylic acids is 3. The second kappa shape index (κ2) is 10.0. The van der Waals surface area contributed by atoms with E-state index in [9.17, 15) is 36.0 Å². The Bertz CT molecular complexity index is 1090. The van der Waals surface area contributed by atoms with Gasteiger partial charge in [-0.1, -0.05) is 0 Å². The van der Waals surface area contributed by atoms with Crippen LogP contribution >= 0.6 is 0 Å². The molecule has 2 amide bonds. The Morgan fingerprint density at radius 1 is 1.06 bits per heavy atom. The summed E-state index contributed by atoms with van der Waals surface area (Å²) in [5, 5.41) is 1.88. The van der Waals surface area contributed by atoms with Gasteiger partial charge in [0.05, 0.1) is 10.5 Å². The molecule has 0 bridgehead atoms. The number of ether oxygens (including phenoxy) is 2. The van der Waals surface area contributed by atoms with Crippen molar-refractivity contribution in [3.8, 4) is 5.75 Å². The van der Waals surface area contributed by atoms with E-state index >= 15 is 0 Å². The third-order valence-corrected chi connectivity index (χ3v) is 5.08. The van der Waals surface area contributed by atoms with Gasteiger partial charge in [0.25, 0.3) is 11.8 Å². The number of benzene rings is 2. The van der Waals surface area contributed by atoms with Crippen molar-refractivity contribution in [3.05, 3.63) is 59.4 Å². The normalized spacial score (nSPS) is 11.1. The number of carbonyl (C=O) groups is 3. The summed E-state index contributed by atoms with van der Waals surface area (Å²) < 4.78 is 72.3. The van der Waals surface area contributed by atoms with E-state index in [4.69, 9.17) is 0 Å². The molecule has 166 valence electrons. The molecule has 0 unspecified atom stereocenters. The van der Waals surface area contributed by atoms with Gasteiger partial charge in [0.1, 0.15) is 11.6 Å². The van der Waals surface area contributed by atoms with E-state index in [1.165, 1.54) is 0 Å². The Hall–Kier alpha value is -3.45. The highest BCUT2D eigenvalue weighted by atomic mass is 32.2. The first-order valence-electron chi connectivity index (χ1n) is 8.32. The fourth-order valence-electron chi connectivity index (χ4n) is 2.18. The van der Waals surface area contributed by atoms with Crippen LogP contribution in [-0.4, -0.2) is 46.5 Å². The number of hydrogen-bond acceptors (Lipinski definition) is 7. The van der Waals surface area contributed by atoms with E-state index in [1.54, 1.807) is 0 Å². The van der Waals surface area contributed by atoms with E-state index in [2.05, 4.69) is 9.47 Å². The molecule has 0 saturated carbocycles. The fraction of sp³-hybridized carbons (Fsp3) is 0.167. The molecule has 2 aromatic rings. The highest BCUT2D eigenvalue weighted by molar-refractivity contribution is 7.89. The summed E-state index contributed by atoms with van der Waals surface area (Å²) in [5.41, 5.74) is -0.803. The summed E-state index contributed by atoms with van der Waals surface area (Å²) >= 11 is 0. The van der Waals surface area contributed by atoms with Crippen LogP contribution in [0.2, 0.25) is 0 Å². The van der Waals surface area contributed by atoms with Crippen molar-refractivity contribution in [3.63, 3.8) is 0 Å². The maximum atomic E-state index is 13.9. The van der Waals surface area contributed by atoms with Gasteiger partial charge in [-0.15, -0.1) is 0 Å². The maximum Gasteiger partial charge on any atom is 0.387 e. The second-order valence-electron chi connectivity index (χ2n) is 5.71. The van der Waals surface area contributed by atoms with Gasteiger partial charge in [0.15, 0.2) is 6.61 Å². The molecule has 0 radical (unpaired) electrons. The van der Waals surface area contributed by atoms with Crippen LogP contribution in [-0.2, 0) is 19.6 Å². The first-order chi connectivity index (χ1) is 14.5. The standard InChI is InChI=1S/C18H15F3N2O7S/c1-22-31(27,28)12-6-7-14(19)13(8-12)17(26)29-9-15(24)23-16(25)10-2-4-11(5-3-10)30-18(20)21/h2-8,18,22H,9H2,1H3,(H,23,24,25). The first kappa shape index (κ1) is 23.8. The van der Waals surface area contributed by atoms with E-state index in [-0.39, 0.29) is 11.3 Å². The Balaban J connectivity index is 1.97. The smallest absolute Gasteiger partial charge is 0.387 e. The molecule has 0 aliphatic carbocycles. The van der Waals surface area contributed by atoms with Crippen LogP contribution in [0.1, 0.15) is 20.7 Å². The number of hydrogen-bond donors (Lipinski definition) is 2. The third kappa shape index (κ3) is 6.52. The molecular weight excluding hydrogens is 445 g/mol. The van der Waals surface area contributed by atoms with Crippen LogP contribution < -0.4 is 14.8 Å². The monoisotopic (exact) mass is 460 g/mol. The summed E-state index contributed by atoms with van der Waals surface area (Å²) in [6, 6.07) is 6.81. The largest absolute Gasteiger partial charge is 0.452 e. The molecule has 0 fully saturated rings. The Labute approximate surface area is 174 Å². The van der Waals surface area contributed by atoms with Crippen molar-refractivity contribution in [1.29, 1.82) is 0 Å². The summed E-state index contributed by atoms with van der Waals surface area (Å²) in [6.07, 6.45) is 0. The minimum Gasteiger partial charge on any atom is -0.452 e. The minimum absolute atomic E-state index is 0.0719. The highest BCUT2D eigenvalue weighted by Crippen LogP contribution is 2.16. The quantitative estimate of drug-likeness (QED) is 0.571. The van der Waals surface area contributed by atoms with Crippen molar-refractivity contribution in [2.75, 3.05) is 13.7 Å². The zero-order chi connectivity index (χ0) is 23.2. The zero-order valence-corrected chi connectivity index (χ0v) is 16.5. The van der Waals surface area contributed by atoms with Crippen LogP contribution in [0.4, 0.5) is 13.2 Å².